The SMILES string of the molecule is c1ccc2c(c1)Sc1ccccc1C21c2ccccc2-c2cccc(-c3nc(-c4ccc(-n5c6ccccc6c6ccccc65)cc4)nc4ccccc34)c21. The van der Waals surface area contributed by atoms with Crippen molar-refractivity contribution in [1.82, 2.24) is 14.5 Å². The summed E-state index contributed by atoms with van der Waals surface area (Å²) in [6.07, 6.45) is 0. The lowest BCUT2D eigenvalue weighted by atomic mass is 9.66. The molecule has 2 aliphatic rings. The smallest absolute Gasteiger partial charge is 0.160 e. The molecule has 0 bridgehead atoms. The fraction of sp³-hybridized carbons (Fsp3) is 0.0196. The number of rotatable bonds is 3. The molecule has 0 unspecified atom stereocenters. The Morgan fingerprint density at radius 2 is 0.964 bits per heavy atom. The van der Waals surface area contributed by atoms with Crippen LogP contribution in [0.5, 0.6) is 0 Å². The molecule has 12 rings (SSSR count). The van der Waals surface area contributed by atoms with Crippen molar-refractivity contribution < 1.29 is 0 Å². The lowest BCUT2D eigenvalue weighted by molar-refractivity contribution is 0.723. The number of hydrogen-bond donors (Lipinski definition) is 0. The molecule has 1 aliphatic carbocycles. The highest BCUT2D eigenvalue weighted by molar-refractivity contribution is 7.99. The fourth-order valence-corrected chi connectivity index (χ4v) is 10.7. The minimum atomic E-state index is -0.517. The predicted molar refractivity (Wildman–Crippen MR) is 226 cm³/mol. The van der Waals surface area contributed by atoms with Crippen LogP contribution in [0.2, 0.25) is 0 Å². The van der Waals surface area contributed by atoms with Crippen LogP contribution in [0.3, 0.4) is 0 Å². The van der Waals surface area contributed by atoms with E-state index in [-0.39, 0.29) is 0 Å². The molecule has 0 radical (unpaired) electrons. The molecule has 1 aliphatic heterocycles. The van der Waals surface area contributed by atoms with Crippen LogP contribution in [0.25, 0.3) is 72.2 Å². The van der Waals surface area contributed by atoms with Crippen molar-refractivity contribution in [2.75, 3.05) is 0 Å². The first-order valence-electron chi connectivity index (χ1n) is 18.8. The third-order valence-electron chi connectivity index (χ3n) is 11.7. The summed E-state index contributed by atoms with van der Waals surface area (Å²) in [5.41, 5.74) is 14.7. The van der Waals surface area contributed by atoms with Gasteiger partial charge >= 0.3 is 0 Å². The van der Waals surface area contributed by atoms with Gasteiger partial charge in [-0.2, -0.15) is 0 Å². The number of hydrogen-bond acceptors (Lipinski definition) is 3. The van der Waals surface area contributed by atoms with Crippen LogP contribution in [0.15, 0.2) is 198 Å². The van der Waals surface area contributed by atoms with Crippen molar-refractivity contribution >= 4 is 44.5 Å². The van der Waals surface area contributed by atoms with Gasteiger partial charge in [0, 0.05) is 42.8 Å². The summed E-state index contributed by atoms with van der Waals surface area (Å²) in [5.74, 6) is 0.713. The van der Waals surface area contributed by atoms with Gasteiger partial charge in [0.1, 0.15) is 0 Å². The molecule has 0 N–H and O–H groups in total. The molecule has 3 nitrogen and oxygen atoms in total. The van der Waals surface area contributed by atoms with Gasteiger partial charge in [0.2, 0.25) is 0 Å². The average Bonchev–Trinajstić information content (AvgIpc) is 3.75. The number of fused-ring (bicyclic) bond motifs is 13. The maximum atomic E-state index is 5.54. The van der Waals surface area contributed by atoms with E-state index < -0.39 is 5.41 Å². The van der Waals surface area contributed by atoms with E-state index in [2.05, 4.69) is 193 Å². The van der Waals surface area contributed by atoms with Gasteiger partial charge < -0.3 is 4.57 Å². The van der Waals surface area contributed by atoms with E-state index in [1.165, 1.54) is 65.0 Å². The molecule has 0 fully saturated rings. The summed E-state index contributed by atoms with van der Waals surface area (Å²) >= 11 is 1.87. The van der Waals surface area contributed by atoms with E-state index in [0.29, 0.717) is 5.82 Å². The number of para-hydroxylation sites is 3. The number of benzene rings is 8. The molecule has 55 heavy (non-hydrogen) atoms. The van der Waals surface area contributed by atoms with Gasteiger partial charge in [-0.3, -0.25) is 0 Å². The second-order valence-corrected chi connectivity index (χ2v) is 15.5. The first kappa shape index (κ1) is 30.7. The van der Waals surface area contributed by atoms with Gasteiger partial charge in [-0.05, 0) is 88.0 Å². The van der Waals surface area contributed by atoms with E-state index in [4.69, 9.17) is 9.97 Å². The standard InChI is InChI=1S/C51H31N3S/c1-5-20-40-34(14-1)37-18-13-19-39(48(37)51(40)41-21-6-11-26-46(41)55-47-27-12-7-22-42(47)51)49-38-17-2-8-23-43(38)52-50(53-49)32-28-30-33(31-29-32)54-44-24-9-3-15-35(44)36-16-4-10-25-45(36)54/h1-31H. The summed E-state index contributed by atoms with van der Waals surface area (Å²) in [7, 11) is 0. The van der Waals surface area contributed by atoms with Crippen molar-refractivity contribution in [1.29, 1.82) is 0 Å². The summed E-state index contributed by atoms with van der Waals surface area (Å²) in [6, 6.07) is 68.2. The second-order valence-electron chi connectivity index (χ2n) is 14.4. The molecule has 8 aromatic carbocycles. The molecular weight excluding hydrogens is 687 g/mol. The summed E-state index contributed by atoms with van der Waals surface area (Å²) in [6.45, 7) is 0. The van der Waals surface area contributed by atoms with Gasteiger partial charge in [0.05, 0.1) is 27.7 Å². The summed E-state index contributed by atoms with van der Waals surface area (Å²) < 4.78 is 2.35. The molecule has 0 amide bonds. The lowest BCUT2D eigenvalue weighted by Crippen LogP contribution is -2.32. The quantitative estimate of drug-likeness (QED) is 0.182. The predicted octanol–water partition coefficient (Wildman–Crippen LogP) is 12.9. The maximum Gasteiger partial charge on any atom is 0.160 e. The van der Waals surface area contributed by atoms with E-state index in [9.17, 15) is 0 Å². The Morgan fingerprint density at radius 3 is 1.67 bits per heavy atom. The Hall–Kier alpha value is -6.75. The molecule has 0 saturated carbocycles. The van der Waals surface area contributed by atoms with Crippen molar-refractivity contribution in [2.45, 2.75) is 15.2 Å². The Kier molecular flexibility index (Phi) is 6.48. The van der Waals surface area contributed by atoms with Crippen LogP contribution in [0.1, 0.15) is 22.3 Å². The molecule has 256 valence electrons. The van der Waals surface area contributed by atoms with E-state index >= 15 is 0 Å². The van der Waals surface area contributed by atoms with Crippen LogP contribution in [0.4, 0.5) is 0 Å². The largest absolute Gasteiger partial charge is 0.309 e. The maximum absolute atomic E-state index is 5.54. The topological polar surface area (TPSA) is 30.7 Å². The van der Waals surface area contributed by atoms with Gasteiger partial charge in [-0.15, -0.1) is 0 Å². The normalized spacial score (nSPS) is 13.5. The third-order valence-corrected chi connectivity index (χ3v) is 12.8. The van der Waals surface area contributed by atoms with Crippen LogP contribution in [0, 0.1) is 0 Å². The zero-order valence-corrected chi connectivity index (χ0v) is 30.5. The van der Waals surface area contributed by atoms with Crippen molar-refractivity contribution in [3.05, 3.63) is 210 Å². The fourth-order valence-electron chi connectivity index (χ4n) is 9.48. The van der Waals surface area contributed by atoms with Gasteiger partial charge in [0.15, 0.2) is 5.82 Å². The van der Waals surface area contributed by atoms with Crippen LogP contribution in [-0.4, -0.2) is 14.5 Å². The van der Waals surface area contributed by atoms with Gasteiger partial charge in [0.25, 0.3) is 0 Å². The van der Waals surface area contributed by atoms with Crippen LogP contribution < -0.4 is 0 Å². The average molecular weight is 718 g/mol. The Labute approximate surface area is 322 Å². The highest BCUT2D eigenvalue weighted by Crippen LogP contribution is 2.63. The first-order valence-corrected chi connectivity index (χ1v) is 19.6. The van der Waals surface area contributed by atoms with Gasteiger partial charge in [-0.1, -0.05) is 145 Å². The zero-order valence-electron chi connectivity index (χ0n) is 29.6. The zero-order chi connectivity index (χ0) is 36.1. The van der Waals surface area contributed by atoms with Crippen LogP contribution in [-0.2, 0) is 5.41 Å². The molecule has 1 spiro atoms. The molecule has 10 aromatic rings. The van der Waals surface area contributed by atoms with Gasteiger partial charge in [-0.25, -0.2) is 9.97 Å². The van der Waals surface area contributed by atoms with Crippen LogP contribution >= 0.6 is 11.8 Å². The number of nitrogens with zero attached hydrogens (tertiary/aromatic N) is 3. The second kappa shape index (κ2) is 11.6. The monoisotopic (exact) mass is 717 g/mol. The number of aromatic nitrogens is 3. The highest BCUT2D eigenvalue weighted by Gasteiger charge is 2.51. The van der Waals surface area contributed by atoms with E-state index in [0.717, 1.165) is 33.4 Å². The molecule has 0 saturated heterocycles. The van der Waals surface area contributed by atoms with Crippen molar-refractivity contribution in [2.24, 2.45) is 0 Å². The summed E-state index contributed by atoms with van der Waals surface area (Å²) in [5, 5.41) is 3.54. The molecule has 2 aromatic heterocycles. The molecule has 0 atom stereocenters. The van der Waals surface area contributed by atoms with E-state index in [1.54, 1.807) is 0 Å². The Morgan fingerprint density at radius 1 is 0.418 bits per heavy atom. The molecule has 4 heteroatoms. The van der Waals surface area contributed by atoms with Crippen molar-refractivity contribution in [3.63, 3.8) is 0 Å². The Bertz CT molecular complexity index is 3090. The minimum Gasteiger partial charge on any atom is -0.309 e. The lowest BCUT2D eigenvalue weighted by Gasteiger charge is -2.40. The van der Waals surface area contributed by atoms with E-state index in [1.807, 2.05) is 11.8 Å². The summed E-state index contributed by atoms with van der Waals surface area (Å²) in [4.78, 5) is 13.3. The third kappa shape index (κ3) is 4.23. The Balaban J connectivity index is 1.10. The highest BCUT2D eigenvalue weighted by atomic mass is 32.2. The molecule has 3 heterocycles. The minimum absolute atomic E-state index is 0.517. The first-order chi connectivity index (χ1) is 27.3. The molecular formula is C51H31N3S. The van der Waals surface area contributed by atoms with Crippen molar-refractivity contribution in [3.8, 4) is 39.5 Å².